The van der Waals surface area contributed by atoms with E-state index in [1.165, 1.54) is 5.56 Å². The number of hydrogen-bond donors (Lipinski definition) is 0. The maximum absolute atomic E-state index is 5.76. The molecule has 102 valence electrons. The number of rotatable bonds is 2. The van der Waals surface area contributed by atoms with Crippen LogP contribution in [0.3, 0.4) is 0 Å². The molecule has 0 atom stereocenters. The zero-order valence-electron chi connectivity index (χ0n) is 11.5. The molecule has 0 bridgehead atoms. The van der Waals surface area contributed by atoms with E-state index in [1.54, 1.807) is 10.9 Å². The number of hydrogen-bond acceptors (Lipinski definition) is 3. The third-order valence-electron chi connectivity index (χ3n) is 3.40. The van der Waals surface area contributed by atoms with E-state index in [9.17, 15) is 0 Å². The molecule has 0 N–H and O–H groups in total. The summed E-state index contributed by atoms with van der Waals surface area (Å²) in [7, 11) is 0. The highest BCUT2D eigenvalue weighted by molar-refractivity contribution is 5.74. The molecule has 4 aromatic rings. The predicted octanol–water partition coefficient (Wildman–Crippen LogP) is 3.99. The van der Waals surface area contributed by atoms with Gasteiger partial charge in [-0.25, -0.2) is 4.68 Å². The Labute approximate surface area is 121 Å². The van der Waals surface area contributed by atoms with Crippen molar-refractivity contribution in [3.63, 3.8) is 0 Å². The van der Waals surface area contributed by atoms with Crippen LogP contribution in [0.2, 0.25) is 0 Å². The van der Waals surface area contributed by atoms with Gasteiger partial charge in [0.1, 0.15) is 5.52 Å². The summed E-state index contributed by atoms with van der Waals surface area (Å²) in [6.45, 7) is 2.07. The van der Waals surface area contributed by atoms with E-state index in [2.05, 4.69) is 35.2 Å². The van der Waals surface area contributed by atoms with Crippen LogP contribution in [0, 0.1) is 6.92 Å². The smallest absolute Gasteiger partial charge is 0.222 e. The summed E-state index contributed by atoms with van der Waals surface area (Å²) in [6, 6.07) is 15.9. The van der Waals surface area contributed by atoms with Crippen molar-refractivity contribution in [3.8, 4) is 17.1 Å². The van der Waals surface area contributed by atoms with Crippen molar-refractivity contribution < 1.29 is 4.42 Å². The average molecular weight is 275 g/mol. The summed E-state index contributed by atoms with van der Waals surface area (Å²) in [5.74, 6) is 0.669. The van der Waals surface area contributed by atoms with Crippen molar-refractivity contribution in [2.24, 2.45) is 0 Å². The Morgan fingerprint density at radius 2 is 2.00 bits per heavy atom. The van der Waals surface area contributed by atoms with Gasteiger partial charge in [0.25, 0.3) is 0 Å². The number of fused-ring (bicyclic) bond motifs is 1. The average Bonchev–Trinajstić information content (AvgIpc) is 3.14. The van der Waals surface area contributed by atoms with Crippen LogP contribution in [0.25, 0.3) is 28.2 Å². The summed E-state index contributed by atoms with van der Waals surface area (Å²) >= 11 is 0. The molecule has 0 radical (unpaired) electrons. The van der Waals surface area contributed by atoms with E-state index in [1.807, 2.05) is 36.5 Å². The zero-order chi connectivity index (χ0) is 14.2. The maximum Gasteiger partial charge on any atom is 0.222 e. The molecule has 0 aliphatic carbocycles. The van der Waals surface area contributed by atoms with Crippen molar-refractivity contribution in [3.05, 3.63) is 66.5 Å². The largest absolute Gasteiger partial charge is 0.437 e. The highest BCUT2D eigenvalue weighted by Crippen LogP contribution is 2.22. The number of furan rings is 1. The van der Waals surface area contributed by atoms with Crippen molar-refractivity contribution in [1.82, 2.24) is 14.8 Å². The molecule has 1 aromatic carbocycles. The molecule has 4 nitrogen and oxygen atoms in total. The molecular formula is C17H13N3O. The molecule has 4 heteroatoms. The van der Waals surface area contributed by atoms with Crippen LogP contribution in [0.15, 0.2) is 65.3 Å². The summed E-state index contributed by atoms with van der Waals surface area (Å²) in [6.07, 6.45) is 3.65. The summed E-state index contributed by atoms with van der Waals surface area (Å²) in [5.41, 5.74) is 4.84. The zero-order valence-corrected chi connectivity index (χ0v) is 11.5. The second-order valence-electron chi connectivity index (χ2n) is 4.99. The minimum Gasteiger partial charge on any atom is -0.437 e. The minimum atomic E-state index is 0.669. The van der Waals surface area contributed by atoms with E-state index < -0.39 is 0 Å². The Bertz CT molecular complexity index is 887. The van der Waals surface area contributed by atoms with Crippen LogP contribution in [-0.4, -0.2) is 14.8 Å². The monoisotopic (exact) mass is 275 g/mol. The second-order valence-corrected chi connectivity index (χ2v) is 4.99. The first kappa shape index (κ1) is 11.9. The predicted molar refractivity (Wildman–Crippen MR) is 81.3 cm³/mol. The molecule has 3 aromatic heterocycles. The van der Waals surface area contributed by atoms with Gasteiger partial charge in [-0.3, -0.25) is 4.98 Å². The van der Waals surface area contributed by atoms with Crippen molar-refractivity contribution in [2.75, 3.05) is 0 Å². The van der Waals surface area contributed by atoms with E-state index in [-0.39, 0.29) is 0 Å². The lowest BCUT2D eigenvalue weighted by atomic mass is 10.1. The number of benzene rings is 1. The molecule has 21 heavy (non-hydrogen) atoms. The van der Waals surface area contributed by atoms with Crippen LogP contribution in [0.1, 0.15) is 5.56 Å². The molecule has 0 aliphatic rings. The van der Waals surface area contributed by atoms with Gasteiger partial charge in [-0.1, -0.05) is 23.8 Å². The van der Waals surface area contributed by atoms with Crippen LogP contribution in [0.4, 0.5) is 0 Å². The molecule has 0 fully saturated rings. The Morgan fingerprint density at radius 1 is 1.05 bits per heavy atom. The molecule has 0 saturated carbocycles. The fraction of sp³-hybridized carbons (Fsp3) is 0.0588. The number of nitrogens with zero attached hydrogens (tertiary/aromatic N) is 3. The van der Waals surface area contributed by atoms with Gasteiger partial charge in [0.2, 0.25) is 5.88 Å². The Hall–Kier alpha value is -2.88. The molecule has 0 amide bonds. The highest BCUT2D eigenvalue weighted by Gasteiger charge is 2.09. The SMILES string of the molecule is Cc1cccc(-c2ccn(-c3cc4ncccc4o3)n2)c1. The van der Waals surface area contributed by atoms with Crippen molar-refractivity contribution in [2.45, 2.75) is 6.92 Å². The quantitative estimate of drug-likeness (QED) is 0.555. The van der Waals surface area contributed by atoms with Gasteiger partial charge >= 0.3 is 0 Å². The van der Waals surface area contributed by atoms with Gasteiger partial charge in [0.05, 0.1) is 5.69 Å². The summed E-state index contributed by atoms with van der Waals surface area (Å²) < 4.78 is 7.50. The summed E-state index contributed by atoms with van der Waals surface area (Å²) in [4.78, 5) is 4.27. The molecule has 4 rings (SSSR count). The molecule has 0 unspecified atom stereocenters. The van der Waals surface area contributed by atoms with Gasteiger partial charge in [0.15, 0.2) is 5.58 Å². The van der Waals surface area contributed by atoms with Crippen molar-refractivity contribution in [1.29, 1.82) is 0 Å². The lowest BCUT2D eigenvalue weighted by Crippen LogP contribution is -1.92. The van der Waals surface area contributed by atoms with E-state index in [0.717, 1.165) is 22.4 Å². The van der Waals surface area contributed by atoms with Gasteiger partial charge in [0, 0.05) is 24.0 Å². The lowest BCUT2D eigenvalue weighted by Gasteiger charge is -1.98. The minimum absolute atomic E-state index is 0.669. The van der Waals surface area contributed by atoms with Gasteiger partial charge in [-0.2, -0.15) is 5.10 Å². The molecule has 0 spiro atoms. The van der Waals surface area contributed by atoms with E-state index in [4.69, 9.17) is 4.42 Å². The third-order valence-corrected chi connectivity index (χ3v) is 3.40. The Balaban J connectivity index is 1.77. The standard InChI is InChI=1S/C17H13N3O/c1-12-4-2-5-13(10-12)14-7-9-20(19-14)17-11-15-16(21-17)6-3-8-18-15/h2-11H,1H3. The maximum atomic E-state index is 5.76. The number of aromatic nitrogens is 3. The van der Waals surface area contributed by atoms with Crippen LogP contribution in [-0.2, 0) is 0 Å². The van der Waals surface area contributed by atoms with Gasteiger partial charge < -0.3 is 4.42 Å². The van der Waals surface area contributed by atoms with E-state index in [0.29, 0.717) is 5.88 Å². The fourth-order valence-electron chi connectivity index (χ4n) is 2.37. The molecular weight excluding hydrogens is 262 g/mol. The summed E-state index contributed by atoms with van der Waals surface area (Å²) in [5, 5.41) is 4.58. The first-order chi connectivity index (χ1) is 10.3. The van der Waals surface area contributed by atoms with Gasteiger partial charge in [-0.05, 0) is 31.2 Å². The normalized spacial score (nSPS) is 11.1. The number of aryl methyl sites for hydroxylation is 1. The third kappa shape index (κ3) is 2.10. The number of pyridine rings is 1. The second kappa shape index (κ2) is 4.59. The van der Waals surface area contributed by atoms with E-state index >= 15 is 0 Å². The lowest BCUT2D eigenvalue weighted by molar-refractivity contribution is 0.560. The highest BCUT2D eigenvalue weighted by atomic mass is 16.4. The van der Waals surface area contributed by atoms with Gasteiger partial charge in [-0.15, -0.1) is 0 Å². The Morgan fingerprint density at radius 3 is 2.86 bits per heavy atom. The Kier molecular flexibility index (Phi) is 2.60. The van der Waals surface area contributed by atoms with Crippen LogP contribution >= 0.6 is 0 Å². The van der Waals surface area contributed by atoms with Crippen LogP contribution in [0.5, 0.6) is 0 Å². The topological polar surface area (TPSA) is 43.9 Å². The first-order valence-electron chi connectivity index (χ1n) is 6.77. The van der Waals surface area contributed by atoms with Crippen LogP contribution < -0.4 is 0 Å². The molecule has 0 aliphatic heterocycles. The van der Waals surface area contributed by atoms with Crippen molar-refractivity contribution >= 4 is 11.1 Å². The molecule has 3 heterocycles. The first-order valence-corrected chi connectivity index (χ1v) is 6.77. The molecule has 0 saturated heterocycles. The fourth-order valence-corrected chi connectivity index (χ4v) is 2.37.